The van der Waals surface area contributed by atoms with Gasteiger partial charge in [0, 0.05) is 12.6 Å². The number of fused-ring (bicyclic) bond motifs is 1. The van der Waals surface area contributed by atoms with Crippen molar-refractivity contribution in [3.05, 3.63) is 24.3 Å². The first-order valence-corrected chi connectivity index (χ1v) is 7.66. The largest absolute Gasteiger partial charge is 0.522 e. The van der Waals surface area contributed by atoms with Crippen LogP contribution in [-0.4, -0.2) is 41.7 Å². The van der Waals surface area contributed by atoms with Crippen molar-refractivity contribution in [2.45, 2.75) is 31.8 Å². The average molecular weight is 365 g/mol. The molecule has 134 valence electrons. The number of benzene rings is 1. The van der Waals surface area contributed by atoms with Crippen LogP contribution < -0.4 is 10.6 Å². The minimum Gasteiger partial charge on any atom is -0.353 e. The van der Waals surface area contributed by atoms with Crippen LogP contribution in [0.4, 0.5) is 19.1 Å². The third-order valence-corrected chi connectivity index (χ3v) is 3.91. The smallest absolute Gasteiger partial charge is 0.353 e. The fourth-order valence-corrected chi connectivity index (χ4v) is 2.81. The molecule has 1 aliphatic rings. The molecule has 2 heterocycles. The van der Waals surface area contributed by atoms with E-state index in [2.05, 4.69) is 20.4 Å². The topological polar surface area (TPSA) is 51.1 Å². The van der Waals surface area contributed by atoms with Gasteiger partial charge in [-0.3, -0.25) is 4.74 Å². The van der Waals surface area contributed by atoms with Crippen LogP contribution in [0.2, 0.25) is 0 Å². The van der Waals surface area contributed by atoms with Crippen molar-refractivity contribution in [3.63, 3.8) is 0 Å². The van der Waals surface area contributed by atoms with Gasteiger partial charge in [-0.1, -0.05) is 12.1 Å². The summed E-state index contributed by atoms with van der Waals surface area (Å²) in [6, 6.07) is 7.68. The molecule has 1 aromatic carbocycles. The normalized spacial score (nSPS) is 16.1. The minimum atomic E-state index is -4.61. The standard InChI is InChI=1S/C15H19F3N4O.ClH/c16-15(17,18)23-10-9-22-13-4-2-1-3-12(13)21-14(22)20-11-5-7-19-8-6-11;/h1-4,11,19H,5-10H2,(H,20,21);1H. The summed E-state index contributed by atoms with van der Waals surface area (Å²) in [5.41, 5.74) is 1.56. The summed E-state index contributed by atoms with van der Waals surface area (Å²) in [6.45, 7) is 1.50. The van der Waals surface area contributed by atoms with E-state index in [0.717, 1.165) is 37.0 Å². The Balaban J connectivity index is 0.00000208. The average Bonchev–Trinajstić information content (AvgIpc) is 2.85. The van der Waals surface area contributed by atoms with Crippen LogP contribution in [0.1, 0.15) is 12.8 Å². The van der Waals surface area contributed by atoms with Crippen molar-refractivity contribution in [1.82, 2.24) is 14.9 Å². The van der Waals surface area contributed by atoms with E-state index in [4.69, 9.17) is 0 Å². The van der Waals surface area contributed by atoms with E-state index in [1.807, 2.05) is 24.3 Å². The highest BCUT2D eigenvalue weighted by Crippen LogP contribution is 2.22. The minimum absolute atomic E-state index is 0. The zero-order valence-electron chi connectivity index (χ0n) is 13.0. The molecule has 9 heteroatoms. The van der Waals surface area contributed by atoms with E-state index in [-0.39, 0.29) is 25.0 Å². The van der Waals surface area contributed by atoms with Gasteiger partial charge < -0.3 is 15.2 Å². The first kappa shape index (κ1) is 18.8. The Bertz CT molecular complexity index is 656. The molecular weight excluding hydrogens is 345 g/mol. The summed E-state index contributed by atoms with van der Waals surface area (Å²) in [5.74, 6) is 0.601. The Morgan fingerprint density at radius 3 is 2.67 bits per heavy atom. The SMILES string of the molecule is Cl.FC(F)(F)OCCn1c(NC2CCNCC2)nc2ccccc21. The second-order valence-corrected chi connectivity index (χ2v) is 5.54. The lowest BCUT2D eigenvalue weighted by Crippen LogP contribution is -2.36. The van der Waals surface area contributed by atoms with Crippen molar-refractivity contribution in [2.24, 2.45) is 0 Å². The van der Waals surface area contributed by atoms with Crippen LogP contribution in [0.25, 0.3) is 11.0 Å². The second-order valence-electron chi connectivity index (χ2n) is 5.54. The molecule has 0 saturated carbocycles. The monoisotopic (exact) mass is 364 g/mol. The van der Waals surface area contributed by atoms with Crippen molar-refractivity contribution in [2.75, 3.05) is 25.0 Å². The van der Waals surface area contributed by atoms with E-state index >= 15 is 0 Å². The lowest BCUT2D eigenvalue weighted by atomic mass is 10.1. The Morgan fingerprint density at radius 2 is 1.96 bits per heavy atom. The van der Waals surface area contributed by atoms with E-state index < -0.39 is 13.0 Å². The van der Waals surface area contributed by atoms with Crippen LogP contribution in [0.3, 0.4) is 0 Å². The zero-order valence-corrected chi connectivity index (χ0v) is 13.8. The van der Waals surface area contributed by atoms with E-state index in [0.29, 0.717) is 5.95 Å². The summed E-state index contributed by atoms with van der Waals surface area (Å²) in [5, 5.41) is 6.64. The number of rotatable bonds is 5. The highest BCUT2D eigenvalue weighted by Gasteiger charge is 2.29. The third-order valence-electron chi connectivity index (χ3n) is 3.91. The molecule has 0 unspecified atom stereocenters. The number of alkyl halides is 3. The Labute approximate surface area is 144 Å². The molecule has 0 atom stereocenters. The van der Waals surface area contributed by atoms with Gasteiger partial charge in [0.2, 0.25) is 5.95 Å². The highest BCUT2D eigenvalue weighted by molar-refractivity contribution is 5.85. The third kappa shape index (κ3) is 4.75. The van der Waals surface area contributed by atoms with Crippen LogP contribution in [-0.2, 0) is 11.3 Å². The van der Waals surface area contributed by atoms with Crippen LogP contribution in [0.5, 0.6) is 0 Å². The maximum Gasteiger partial charge on any atom is 0.522 e. The summed E-state index contributed by atoms with van der Waals surface area (Å²) >= 11 is 0. The van der Waals surface area contributed by atoms with Crippen molar-refractivity contribution < 1.29 is 17.9 Å². The van der Waals surface area contributed by atoms with E-state index in [1.54, 1.807) is 4.57 Å². The molecule has 0 amide bonds. The molecule has 1 aliphatic heterocycles. The molecule has 3 rings (SSSR count). The van der Waals surface area contributed by atoms with Gasteiger partial charge >= 0.3 is 6.36 Å². The van der Waals surface area contributed by atoms with Crippen molar-refractivity contribution in [1.29, 1.82) is 0 Å². The molecule has 2 N–H and O–H groups in total. The van der Waals surface area contributed by atoms with Crippen LogP contribution >= 0.6 is 12.4 Å². The molecule has 0 spiro atoms. The first-order valence-electron chi connectivity index (χ1n) is 7.66. The number of piperidine rings is 1. The number of anilines is 1. The number of para-hydroxylation sites is 2. The Hall–Kier alpha value is -1.51. The summed E-state index contributed by atoms with van der Waals surface area (Å²) < 4.78 is 42.3. The predicted octanol–water partition coefficient (Wildman–Crippen LogP) is 3.16. The highest BCUT2D eigenvalue weighted by atomic mass is 35.5. The second kappa shape index (κ2) is 8.04. The number of hydrogen-bond acceptors (Lipinski definition) is 4. The van der Waals surface area contributed by atoms with Crippen molar-refractivity contribution >= 4 is 29.4 Å². The number of imidazole rings is 1. The lowest BCUT2D eigenvalue weighted by Gasteiger charge is -2.24. The van der Waals surface area contributed by atoms with E-state index in [1.165, 1.54) is 0 Å². The lowest BCUT2D eigenvalue weighted by molar-refractivity contribution is -0.325. The van der Waals surface area contributed by atoms with Crippen molar-refractivity contribution in [3.8, 4) is 0 Å². The molecule has 5 nitrogen and oxygen atoms in total. The van der Waals surface area contributed by atoms with Crippen LogP contribution in [0, 0.1) is 0 Å². The molecule has 0 radical (unpaired) electrons. The molecule has 24 heavy (non-hydrogen) atoms. The number of aromatic nitrogens is 2. The Morgan fingerprint density at radius 1 is 1.25 bits per heavy atom. The van der Waals surface area contributed by atoms with E-state index in [9.17, 15) is 13.2 Å². The number of hydrogen-bond donors (Lipinski definition) is 2. The predicted molar refractivity (Wildman–Crippen MR) is 88.5 cm³/mol. The number of ether oxygens (including phenoxy) is 1. The summed E-state index contributed by atoms with van der Waals surface area (Å²) in [4.78, 5) is 4.52. The summed E-state index contributed by atoms with van der Waals surface area (Å²) in [7, 11) is 0. The van der Waals surface area contributed by atoms with Gasteiger partial charge in [-0.25, -0.2) is 4.98 Å². The molecule has 2 aromatic rings. The van der Waals surface area contributed by atoms with Gasteiger partial charge in [0.25, 0.3) is 0 Å². The molecule has 1 aromatic heterocycles. The van der Waals surface area contributed by atoms with Gasteiger partial charge in [-0.15, -0.1) is 25.6 Å². The van der Waals surface area contributed by atoms with Gasteiger partial charge in [-0.05, 0) is 38.1 Å². The maximum absolute atomic E-state index is 12.2. The quantitative estimate of drug-likeness (QED) is 0.855. The number of nitrogens with zero attached hydrogens (tertiary/aromatic N) is 2. The van der Waals surface area contributed by atoms with Gasteiger partial charge in [0.1, 0.15) is 0 Å². The molecule has 1 fully saturated rings. The molecule has 1 saturated heterocycles. The first-order chi connectivity index (χ1) is 11.0. The molecular formula is C15H20ClF3N4O. The zero-order chi connectivity index (χ0) is 16.3. The summed E-state index contributed by atoms with van der Waals surface area (Å²) in [6.07, 6.45) is -2.69. The number of nitrogens with one attached hydrogen (secondary N) is 2. The number of halogens is 4. The van der Waals surface area contributed by atoms with Gasteiger partial charge in [0.05, 0.1) is 17.6 Å². The van der Waals surface area contributed by atoms with Gasteiger partial charge in [-0.2, -0.15) is 0 Å². The van der Waals surface area contributed by atoms with Gasteiger partial charge in [0.15, 0.2) is 0 Å². The molecule has 0 bridgehead atoms. The fourth-order valence-electron chi connectivity index (χ4n) is 2.81. The molecule has 0 aliphatic carbocycles. The Kier molecular flexibility index (Phi) is 6.31. The van der Waals surface area contributed by atoms with Crippen LogP contribution in [0.15, 0.2) is 24.3 Å². The maximum atomic E-state index is 12.2. The fraction of sp³-hybridized carbons (Fsp3) is 0.533.